The zero-order chi connectivity index (χ0) is 18.4. The van der Waals surface area contributed by atoms with Gasteiger partial charge in [-0.25, -0.2) is 4.68 Å². The van der Waals surface area contributed by atoms with Crippen LogP contribution in [-0.2, 0) is 6.42 Å². The Bertz CT molecular complexity index is 772. The Hall–Kier alpha value is -2.38. The third-order valence-electron chi connectivity index (χ3n) is 4.60. The van der Waals surface area contributed by atoms with Gasteiger partial charge in [0.25, 0.3) is 11.5 Å². The highest BCUT2D eigenvalue weighted by Crippen LogP contribution is 2.08. The highest BCUT2D eigenvalue weighted by molar-refractivity contribution is 5.94. The number of amides is 1. The first-order chi connectivity index (χ1) is 12.7. The van der Waals surface area contributed by atoms with Crippen molar-refractivity contribution < 1.29 is 4.79 Å². The van der Waals surface area contributed by atoms with E-state index in [9.17, 15) is 9.59 Å². The molecule has 1 saturated heterocycles. The van der Waals surface area contributed by atoms with Crippen LogP contribution in [-0.4, -0.2) is 59.9 Å². The average Bonchev–Trinajstić information content (AvgIpc) is 3.03. The number of hydrogen-bond acceptors (Lipinski definition) is 4. The van der Waals surface area contributed by atoms with Crippen LogP contribution in [0, 0.1) is 0 Å². The number of hydrogen-bond donors (Lipinski definition) is 3. The van der Waals surface area contributed by atoms with Gasteiger partial charge in [0, 0.05) is 56.6 Å². The van der Waals surface area contributed by atoms with Gasteiger partial charge in [-0.1, -0.05) is 13.3 Å². The van der Waals surface area contributed by atoms with Crippen molar-refractivity contribution in [2.45, 2.75) is 19.8 Å². The summed E-state index contributed by atoms with van der Waals surface area (Å²) in [5.74, 6) is -0.0859. The van der Waals surface area contributed by atoms with Crippen molar-refractivity contribution in [2.75, 3.05) is 39.3 Å². The largest absolute Gasteiger partial charge is 0.351 e. The molecule has 0 unspecified atom stereocenters. The number of nitrogens with one attached hydrogen (secondary N) is 3. The molecular formula is C19H27N5O2. The Morgan fingerprint density at radius 3 is 2.62 bits per heavy atom. The van der Waals surface area contributed by atoms with Crippen molar-refractivity contribution in [3.05, 3.63) is 51.9 Å². The molecule has 0 saturated carbocycles. The molecule has 1 aliphatic rings. The zero-order valence-electron chi connectivity index (χ0n) is 15.3. The van der Waals surface area contributed by atoms with Crippen LogP contribution in [0.5, 0.6) is 0 Å². The van der Waals surface area contributed by atoms with Crippen LogP contribution >= 0.6 is 0 Å². The Labute approximate surface area is 153 Å². The Morgan fingerprint density at radius 1 is 1.19 bits per heavy atom. The summed E-state index contributed by atoms with van der Waals surface area (Å²) in [4.78, 5) is 26.7. The fourth-order valence-corrected chi connectivity index (χ4v) is 3.16. The van der Waals surface area contributed by atoms with Crippen molar-refractivity contribution in [3.8, 4) is 5.69 Å². The maximum atomic E-state index is 12.3. The van der Waals surface area contributed by atoms with Gasteiger partial charge >= 0.3 is 0 Å². The summed E-state index contributed by atoms with van der Waals surface area (Å²) in [5.41, 5.74) is 2.17. The minimum atomic E-state index is -0.0859. The third kappa shape index (κ3) is 4.62. The fourth-order valence-electron chi connectivity index (χ4n) is 3.16. The zero-order valence-corrected chi connectivity index (χ0v) is 15.3. The number of piperazine rings is 1. The molecule has 1 aromatic heterocycles. The van der Waals surface area contributed by atoms with Gasteiger partial charge in [-0.05, 0) is 30.7 Å². The molecule has 0 aliphatic carbocycles. The molecule has 3 rings (SSSR count). The third-order valence-corrected chi connectivity index (χ3v) is 4.60. The number of carbonyl (C=O) groups is 1. The number of aromatic amines is 1. The molecule has 0 atom stereocenters. The van der Waals surface area contributed by atoms with Gasteiger partial charge in [0.05, 0.1) is 5.69 Å². The van der Waals surface area contributed by atoms with E-state index >= 15 is 0 Å². The van der Waals surface area contributed by atoms with E-state index in [1.807, 2.05) is 0 Å². The average molecular weight is 357 g/mol. The first-order valence-electron chi connectivity index (χ1n) is 9.30. The molecule has 2 aromatic rings. The number of benzene rings is 1. The molecule has 2 heterocycles. The summed E-state index contributed by atoms with van der Waals surface area (Å²) in [7, 11) is 0. The minimum absolute atomic E-state index is 0.0818. The summed E-state index contributed by atoms with van der Waals surface area (Å²) in [6.45, 7) is 7.64. The number of carbonyl (C=O) groups excluding carboxylic acids is 1. The Balaban J connectivity index is 1.56. The van der Waals surface area contributed by atoms with Crippen molar-refractivity contribution in [2.24, 2.45) is 0 Å². The van der Waals surface area contributed by atoms with Crippen LogP contribution in [0.4, 0.5) is 0 Å². The van der Waals surface area contributed by atoms with Crippen LogP contribution in [0.1, 0.15) is 29.4 Å². The molecular weight excluding hydrogens is 330 g/mol. The fraction of sp³-hybridized carbons (Fsp3) is 0.474. The molecule has 1 aliphatic heterocycles. The standard InChI is InChI=1S/C19H27N5O2/c1-2-3-16-14-18(25)24(22-16)17-6-4-15(5-7-17)19(26)21-10-13-23-11-8-20-9-12-23/h4-7,14,20,22H,2-3,8-13H2,1H3,(H,21,26). The molecule has 1 fully saturated rings. The smallest absolute Gasteiger partial charge is 0.271 e. The van der Waals surface area contributed by atoms with E-state index in [0.717, 1.165) is 56.9 Å². The van der Waals surface area contributed by atoms with Crippen LogP contribution in [0.2, 0.25) is 0 Å². The first kappa shape index (κ1) is 18.4. The van der Waals surface area contributed by atoms with E-state index < -0.39 is 0 Å². The van der Waals surface area contributed by atoms with E-state index in [4.69, 9.17) is 0 Å². The molecule has 7 heteroatoms. The molecule has 26 heavy (non-hydrogen) atoms. The Kier molecular flexibility index (Phi) is 6.25. The molecule has 1 aromatic carbocycles. The van der Waals surface area contributed by atoms with Gasteiger partial charge in [0.15, 0.2) is 0 Å². The number of nitrogens with zero attached hydrogens (tertiary/aromatic N) is 2. The van der Waals surface area contributed by atoms with Crippen LogP contribution in [0.15, 0.2) is 35.1 Å². The van der Waals surface area contributed by atoms with E-state index in [1.54, 1.807) is 30.3 Å². The van der Waals surface area contributed by atoms with Crippen molar-refractivity contribution in [1.82, 2.24) is 25.3 Å². The molecule has 0 radical (unpaired) electrons. The SMILES string of the molecule is CCCc1cc(=O)n(-c2ccc(C(=O)NCCN3CCNCC3)cc2)[nH]1. The van der Waals surface area contributed by atoms with Gasteiger partial charge in [-0.15, -0.1) is 0 Å². The van der Waals surface area contributed by atoms with Gasteiger partial charge < -0.3 is 10.6 Å². The second kappa shape index (κ2) is 8.82. The van der Waals surface area contributed by atoms with Crippen LogP contribution < -0.4 is 16.2 Å². The van der Waals surface area contributed by atoms with E-state index in [2.05, 4.69) is 27.6 Å². The number of aryl methyl sites for hydroxylation is 1. The summed E-state index contributed by atoms with van der Waals surface area (Å²) >= 11 is 0. The minimum Gasteiger partial charge on any atom is -0.351 e. The molecule has 7 nitrogen and oxygen atoms in total. The molecule has 140 valence electrons. The topological polar surface area (TPSA) is 82.2 Å². The van der Waals surface area contributed by atoms with Crippen molar-refractivity contribution >= 4 is 5.91 Å². The summed E-state index contributed by atoms with van der Waals surface area (Å²) in [5, 5.41) is 9.39. The van der Waals surface area contributed by atoms with Crippen LogP contribution in [0.25, 0.3) is 5.69 Å². The maximum absolute atomic E-state index is 12.3. The van der Waals surface area contributed by atoms with E-state index in [1.165, 1.54) is 4.68 Å². The van der Waals surface area contributed by atoms with Gasteiger partial charge in [-0.2, -0.15) is 0 Å². The maximum Gasteiger partial charge on any atom is 0.271 e. The van der Waals surface area contributed by atoms with Gasteiger partial charge in [0.1, 0.15) is 0 Å². The lowest BCUT2D eigenvalue weighted by Gasteiger charge is -2.27. The second-order valence-corrected chi connectivity index (χ2v) is 6.60. The molecule has 1 amide bonds. The van der Waals surface area contributed by atoms with E-state index in [-0.39, 0.29) is 11.5 Å². The highest BCUT2D eigenvalue weighted by Gasteiger charge is 2.11. The summed E-state index contributed by atoms with van der Waals surface area (Å²) < 4.78 is 1.51. The second-order valence-electron chi connectivity index (χ2n) is 6.60. The number of rotatable bonds is 7. The predicted molar refractivity (Wildman–Crippen MR) is 102 cm³/mol. The molecule has 3 N–H and O–H groups in total. The quantitative estimate of drug-likeness (QED) is 0.683. The lowest BCUT2D eigenvalue weighted by Crippen LogP contribution is -2.46. The lowest BCUT2D eigenvalue weighted by atomic mass is 10.2. The van der Waals surface area contributed by atoms with Crippen LogP contribution in [0.3, 0.4) is 0 Å². The first-order valence-corrected chi connectivity index (χ1v) is 9.30. The normalized spacial score (nSPS) is 15.1. The van der Waals surface area contributed by atoms with Crippen molar-refractivity contribution in [1.29, 1.82) is 0 Å². The highest BCUT2D eigenvalue weighted by atomic mass is 16.1. The molecule has 0 bridgehead atoms. The number of aromatic nitrogens is 2. The molecule has 0 spiro atoms. The number of H-pyrrole nitrogens is 1. The van der Waals surface area contributed by atoms with Crippen molar-refractivity contribution in [3.63, 3.8) is 0 Å². The Morgan fingerprint density at radius 2 is 1.92 bits per heavy atom. The monoisotopic (exact) mass is 357 g/mol. The van der Waals surface area contributed by atoms with Gasteiger partial charge in [0.2, 0.25) is 0 Å². The van der Waals surface area contributed by atoms with Gasteiger partial charge in [-0.3, -0.25) is 19.6 Å². The van der Waals surface area contributed by atoms with E-state index in [0.29, 0.717) is 12.1 Å². The summed E-state index contributed by atoms with van der Waals surface area (Å²) in [6, 6.07) is 8.71. The summed E-state index contributed by atoms with van der Waals surface area (Å²) in [6.07, 6.45) is 1.82. The lowest BCUT2D eigenvalue weighted by molar-refractivity contribution is 0.0947. The predicted octanol–water partition coefficient (Wildman–Crippen LogP) is 0.753.